The van der Waals surface area contributed by atoms with Crippen molar-refractivity contribution in [2.75, 3.05) is 5.32 Å². The van der Waals surface area contributed by atoms with E-state index in [-0.39, 0.29) is 11.7 Å². The van der Waals surface area contributed by atoms with Crippen LogP contribution in [0.15, 0.2) is 59.0 Å². The van der Waals surface area contributed by atoms with Crippen LogP contribution in [-0.4, -0.2) is 5.91 Å². The molecule has 3 rings (SSSR count). The molecule has 0 unspecified atom stereocenters. The monoisotopic (exact) mass is 457 g/mol. The SMILES string of the molecule is O=C(Nc1ccccc1I)c1ccc(-c2cc(Cl)ccc2Cl)o1. The van der Waals surface area contributed by atoms with Gasteiger partial charge in [-0.05, 0) is 65.1 Å². The average Bonchev–Trinajstić information content (AvgIpc) is 3.02. The number of rotatable bonds is 3. The van der Waals surface area contributed by atoms with E-state index in [0.717, 1.165) is 9.26 Å². The van der Waals surface area contributed by atoms with Gasteiger partial charge in [0, 0.05) is 14.2 Å². The maximum Gasteiger partial charge on any atom is 0.291 e. The Bertz CT molecular complexity index is 877. The Morgan fingerprint density at radius 1 is 1.04 bits per heavy atom. The van der Waals surface area contributed by atoms with E-state index < -0.39 is 0 Å². The predicted octanol–water partition coefficient (Wildman–Crippen LogP) is 6.11. The second-order valence-electron chi connectivity index (χ2n) is 4.72. The first-order valence-electron chi connectivity index (χ1n) is 6.66. The molecule has 0 bridgehead atoms. The van der Waals surface area contributed by atoms with Gasteiger partial charge in [-0.15, -0.1) is 0 Å². The molecule has 0 radical (unpaired) electrons. The molecule has 0 spiro atoms. The third-order valence-corrected chi connectivity index (χ3v) is 4.65. The Labute approximate surface area is 156 Å². The van der Waals surface area contributed by atoms with E-state index >= 15 is 0 Å². The zero-order valence-corrected chi connectivity index (χ0v) is 15.3. The molecule has 1 heterocycles. The summed E-state index contributed by atoms with van der Waals surface area (Å²) in [5.74, 6) is 0.375. The molecule has 2 aromatic carbocycles. The summed E-state index contributed by atoms with van der Waals surface area (Å²) in [4.78, 5) is 12.3. The van der Waals surface area contributed by atoms with E-state index in [1.807, 2.05) is 24.3 Å². The van der Waals surface area contributed by atoms with E-state index in [2.05, 4.69) is 27.9 Å². The van der Waals surface area contributed by atoms with Gasteiger partial charge in [0.2, 0.25) is 0 Å². The number of amides is 1. The zero-order chi connectivity index (χ0) is 16.4. The minimum atomic E-state index is -0.321. The molecule has 0 fully saturated rings. The van der Waals surface area contributed by atoms with Crippen LogP contribution in [-0.2, 0) is 0 Å². The van der Waals surface area contributed by atoms with Crippen LogP contribution >= 0.6 is 45.8 Å². The lowest BCUT2D eigenvalue weighted by Crippen LogP contribution is -2.11. The molecule has 1 aromatic heterocycles. The standard InChI is InChI=1S/C17H10Cl2INO2/c18-10-5-6-12(19)11(9-10)15-7-8-16(23-15)17(22)21-14-4-2-1-3-13(14)20/h1-9H,(H,21,22). The van der Waals surface area contributed by atoms with E-state index in [0.29, 0.717) is 21.4 Å². The Kier molecular flexibility index (Phi) is 4.94. The van der Waals surface area contributed by atoms with Crippen LogP contribution < -0.4 is 5.32 Å². The minimum absolute atomic E-state index is 0.204. The molecular weight excluding hydrogens is 448 g/mol. The van der Waals surface area contributed by atoms with Crippen molar-refractivity contribution in [1.82, 2.24) is 0 Å². The van der Waals surface area contributed by atoms with Gasteiger partial charge in [0.05, 0.1) is 10.7 Å². The lowest BCUT2D eigenvalue weighted by molar-refractivity contribution is 0.0997. The van der Waals surface area contributed by atoms with Crippen molar-refractivity contribution in [3.8, 4) is 11.3 Å². The number of carbonyl (C=O) groups excluding carboxylic acids is 1. The molecule has 0 aliphatic rings. The van der Waals surface area contributed by atoms with Gasteiger partial charge in [-0.25, -0.2) is 0 Å². The molecule has 6 heteroatoms. The van der Waals surface area contributed by atoms with Crippen LogP contribution in [0.5, 0.6) is 0 Å². The molecule has 116 valence electrons. The van der Waals surface area contributed by atoms with Crippen LogP contribution in [0.4, 0.5) is 5.69 Å². The van der Waals surface area contributed by atoms with E-state index in [1.54, 1.807) is 30.3 Å². The number of nitrogens with one attached hydrogen (secondary N) is 1. The molecule has 0 aliphatic carbocycles. The second kappa shape index (κ2) is 6.95. The first-order valence-corrected chi connectivity index (χ1v) is 8.49. The summed E-state index contributed by atoms with van der Waals surface area (Å²) in [6.45, 7) is 0. The van der Waals surface area contributed by atoms with Crippen molar-refractivity contribution in [1.29, 1.82) is 0 Å². The fourth-order valence-electron chi connectivity index (χ4n) is 2.04. The van der Waals surface area contributed by atoms with Crippen LogP contribution in [0.25, 0.3) is 11.3 Å². The van der Waals surface area contributed by atoms with Crippen LogP contribution in [0.1, 0.15) is 10.6 Å². The summed E-state index contributed by atoms with van der Waals surface area (Å²) >= 11 is 14.3. The molecule has 23 heavy (non-hydrogen) atoms. The van der Waals surface area contributed by atoms with Gasteiger partial charge in [0.1, 0.15) is 5.76 Å². The van der Waals surface area contributed by atoms with Gasteiger partial charge in [-0.2, -0.15) is 0 Å². The van der Waals surface area contributed by atoms with Crippen LogP contribution in [0.3, 0.4) is 0 Å². The van der Waals surface area contributed by atoms with Crippen molar-refractivity contribution >= 4 is 57.4 Å². The van der Waals surface area contributed by atoms with E-state index in [9.17, 15) is 4.79 Å². The van der Waals surface area contributed by atoms with Crippen molar-refractivity contribution in [3.05, 3.63) is 74.0 Å². The molecular formula is C17H10Cl2INO2. The van der Waals surface area contributed by atoms with Gasteiger partial charge >= 0.3 is 0 Å². The van der Waals surface area contributed by atoms with E-state index in [1.165, 1.54) is 0 Å². The topological polar surface area (TPSA) is 42.2 Å². The summed E-state index contributed by atoms with van der Waals surface area (Å²) in [6.07, 6.45) is 0. The average molecular weight is 458 g/mol. The minimum Gasteiger partial charge on any atom is -0.451 e. The van der Waals surface area contributed by atoms with Crippen LogP contribution in [0.2, 0.25) is 10.0 Å². The largest absolute Gasteiger partial charge is 0.451 e. The predicted molar refractivity (Wildman–Crippen MR) is 101 cm³/mol. The van der Waals surface area contributed by atoms with Gasteiger partial charge in [-0.1, -0.05) is 35.3 Å². The number of anilines is 1. The molecule has 0 atom stereocenters. The second-order valence-corrected chi connectivity index (χ2v) is 6.73. The van der Waals surface area contributed by atoms with Gasteiger partial charge in [0.15, 0.2) is 5.76 Å². The zero-order valence-electron chi connectivity index (χ0n) is 11.6. The normalized spacial score (nSPS) is 10.6. The summed E-state index contributed by atoms with van der Waals surface area (Å²) in [5.41, 5.74) is 1.38. The number of furan rings is 1. The number of para-hydroxylation sites is 1. The fraction of sp³-hybridized carbons (Fsp3) is 0. The van der Waals surface area contributed by atoms with Gasteiger partial charge < -0.3 is 9.73 Å². The number of benzene rings is 2. The smallest absolute Gasteiger partial charge is 0.291 e. The molecule has 3 nitrogen and oxygen atoms in total. The fourth-order valence-corrected chi connectivity index (χ4v) is 2.94. The molecule has 3 aromatic rings. The van der Waals surface area contributed by atoms with Crippen molar-refractivity contribution in [2.45, 2.75) is 0 Å². The molecule has 1 amide bonds. The highest BCUT2D eigenvalue weighted by Gasteiger charge is 2.15. The molecule has 0 aliphatic heterocycles. The Morgan fingerprint density at radius 3 is 2.61 bits per heavy atom. The summed E-state index contributed by atoms with van der Waals surface area (Å²) in [6, 6.07) is 15.9. The number of hydrogen-bond donors (Lipinski definition) is 1. The third kappa shape index (κ3) is 3.71. The highest BCUT2D eigenvalue weighted by atomic mass is 127. The lowest BCUT2D eigenvalue weighted by atomic mass is 10.2. The maximum atomic E-state index is 12.3. The number of carbonyl (C=O) groups is 1. The van der Waals surface area contributed by atoms with Gasteiger partial charge in [0.25, 0.3) is 5.91 Å². The third-order valence-electron chi connectivity index (χ3n) is 3.15. The number of halogens is 3. The molecule has 0 saturated heterocycles. The lowest BCUT2D eigenvalue weighted by Gasteiger charge is -2.05. The quantitative estimate of drug-likeness (QED) is 0.482. The number of hydrogen-bond acceptors (Lipinski definition) is 2. The highest BCUT2D eigenvalue weighted by molar-refractivity contribution is 14.1. The van der Waals surface area contributed by atoms with Crippen molar-refractivity contribution in [2.24, 2.45) is 0 Å². The van der Waals surface area contributed by atoms with Crippen molar-refractivity contribution in [3.63, 3.8) is 0 Å². The summed E-state index contributed by atoms with van der Waals surface area (Å²) < 4.78 is 6.57. The summed E-state index contributed by atoms with van der Waals surface area (Å²) in [7, 11) is 0. The summed E-state index contributed by atoms with van der Waals surface area (Å²) in [5, 5.41) is 3.87. The van der Waals surface area contributed by atoms with E-state index in [4.69, 9.17) is 27.6 Å². The first kappa shape index (κ1) is 16.4. The first-order chi connectivity index (χ1) is 11.0. The molecule has 0 saturated carbocycles. The van der Waals surface area contributed by atoms with Crippen LogP contribution in [0, 0.1) is 3.57 Å². The highest BCUT2D eigenvalue weighted by Crippen LogP contribution is 2.32. The Balaban J connectivity index is 1.86. The maximum absolute atomic E-state index is 12.3. The Hall–Kier alpha value is -1.50. The molecule has 1 N–H and O–H groups in total. The van der Waals surface area contributed by atoms with Crippen molar-refractivity contribution < 1.29 is 9.21 Å². The van der Waals surface area contributed by atoms with Gasteiger partial charge in [-0.3, -0.25) is 4.79 Å². The Morgan fingerprint density at radius 2 is 1.83 bits per heavy atom.